The average molecular weight is 460 g/mol. The van der Waals surface area contributed by atoms with Gasteiger partial charge in [0.15, 0.2) is 5.75 Å². The molecule has 0 saturated carbocycles. The van der Waals surface area contributed by atoms with E-state index in [1.165, 1.54) is 23.8 Å². The summed E-state index contributed by atoms with van der Waals surface area (Å²) in [7, 11) is 0. The lowest BCUT2D eigenvalue weighted by Gasteiger charge is -2.18. The maximum atomic E-state index is 12.7. The first-order valence-electron chi connectivity index (χ1n) is 10.8. The highest BCUT2D eigenvalue weighted by molar-refractivity contribution is 5.34. The molecule has 176 valence electrons. The van der Waals surface area contributed by atoms with Crippen LogP contribution in [0, 0.1) is 0 Å². The smallest absolute Gasteiger partial charge is 0.452 e. The zero-order valence-corrected chi connectivity index (χ0v) is 18.6. The maximum absolute atomic E-state index is 12.7. The largest absolute Gasteiger partial charge is 0.573 e. The second-order valence-corrected chi connectivity index (χ2v) is 7.52. The van der Waals surface area contributed by atoms with Gasteiger partial charge in [-0.3, -0.25) is 9.69 Å². The monoisotopic (exact) mass is 460 g/mol. The molecule has 0 fully saturated rings. The van der Waals surface area contributed by atoms with Gasteiger partial charge < -0.3 is 14.0 Å². The van der Waals surface area contributed by atoms with E-state index in [1.54, 1.807) is 16.8 Å². The number of benzene rings is 2. The molecule has 0 aliphatic carbocycles. The third-order valence-electron chi connectivity index (χ3n) is 5.24. The molecule has 3 rings (SSSR count). The molecule has 33 heavy (non-hydrogen) atoms. The van der Waals surface area contributed by atoms with E-state index in [2.05, 4.69) is 47.7 Å². The van der Waals surface area contributed by atoms with Gasteiger partial charge in [0.2, 0.25) is 0 Å². The van der Waals surface area contributed by atoms with Gasteiger partial charge in [-0.15, -0.1) is 13.2 Å². The predicted molar refractivity (Wildman–Crippen MR) is 121 cm³/mol. The molecule has 8 heteroatoms. The molecule has 0 spiro atoms. The summed E-state index contributed by atoms with van der Waals surface area (Å²) in [6.07, 6.45) is -2.40. The Labute approximate surface area is 191 Å². The highest BCUT2D eigenvalue weighted by Crippen LogP contribution is 2.26. The number of aryl methyl sites for hydroxylation is 2. The molecule has 0 N–H and O–H groups in total. The quantitative estimate of drug-likeness (QED) is 0.394. The molecule has 0 radical (unpaired) electrons. The van der Waals surface area contributed by atoms with E-state index in [1.807, 2.05) is 0 Å². The first kappa shape index (κ1) is 24.4. The van der Waals surface area contributed by atoms with Crippen LogP contribution in [0.1, 0.15) is 25.0 Å². The fourth-order valence-electron chi connectivity index (χ4n) is 3.37. The SMILES string of the molecule is CCN(CC)Cc1ccc(CCn2cccc(Oc3ccc(OC(F)(F)F)cc3)c2=O)cc1. The zero-order chi connectivity index (χ0) is 23.8. The minimum Gasteiger partial charge on any atom is -0.452 e. The van der Waals surface area contributed by atoms with Crippen LogP contribution in [-0.2, 0) is 19.5 Å². The summed E-state index contributed by atoms with van der Waals surface area (Å²) in [6, 6.07) is 16.5. The van der Waals surface area contributed by atoms with E-state index in [-0.39, 0.29) is 22.8 Å². The number of ether oxygens (including phenoxy) is 2. The molecule has 0 amide bonds. The first-order chi connectivity index (χ1) is 15.8. The van der Waals surface area contributed by atoms with Crippen LogP contribution in [-0.4, -0.2) is 28.9 Å². The lowest BCUT2D eigenvalue weighted by molar-refractivity contribution is -0.274. The number of hydrogen-bond donors (Lipinski definition) is 0. The topological polar surface area (TPSA) is 43.7 Å². The van der Waals surface area contributed by atoms with E-state index >= 15 is 0 Å². The maximum Gasteiger partial charge on any atom is 0.573 e. The van der Waals surface area contributed by atoms with Gasteiger partial charge in [-0.25, -0.2) is 0 Å². The Kier molecular flexibility index (Phi) is 8.16. The van der Waals surface area contributed by atoms with Crippen molar-refractivity contribution in [2.24, 2.45) is 0 Å². The summed E-state index contributed by atoms with van der Waals surface area (Å²) in [5, 5.41) is 0. The molecular formula is C25H27F3N2O3. The second kappa shape index (κ2) is 11.0. The van der Waals surface area contributed by atoms with Crippen molar-refractivity contribution < 1.29 is 22.6 Å². The Hall–Kier alpha value is -3.26. The van der Waals surface area contributed by atoms with E-state index in [0.717, 1.165) is 37.3 Å². The summed E-state index contributed by atoms with van der Waals surface area (Å²) in [5.74, 6) is -0.0248. The van der Waals surface area contributed by atoms with Crippen molar-refractivity contribution in [3.63, 3.8) is 0 Å². The minimum atomic E-state index is -4.76. The van der Waals surface area contributed by atoms with Crippen molar-refractivity contribution in [3.8, 4) is 17.2 Å². The Morgan fingerprint density at radius 1 is 0.879 bits per heavy atom. The normalized spacial score (nSPS) is 11.6. The molecule has 0 atom stereocenters. The predicted octanol–water partition coefficient (Wildman–Crippen LogP) is 5.62. The van der Waals surface area contributed by atoms with Gasteiger partial charge >= 0.3 is 6.36 Å². The number of aromatic nitrogens is 1. The fraction of sp³-hybridized carbons (Fsp3) is 0.320. The number of alkyl halides is 3. The van der Waals surface area contributed by atoms with Crippen LogP contribution in [0.15, 0.2) is 71.7 Å². The van der Waals surface area contributed by atoms with E-state index in [0.29, 0.717) is 13.0 Å². The van der Waals surface area contributed by atoms with Gasteiger partial charge in [-0.2, -0.15) is 0 Å². The van der Waals surface area contributed by atoms with E-state index in [4.69, 9.17) is 4.74 Å². The Balaban J connectivity index is 1.61. The molecule has 0 aliphatic heterocycles. The van der Waals surface area contributed by atoms with Gasteiger partial charge in [-0.1, -0.05) is 38.1 Å². The van der Waals surface area contributed by atoms with Crippen LogP contribution in [0.5, 0.6) is 17.2 Å². The summed E-state index contributed by atoms with van der Waals surface area (Å²) < 4.78 is 47.8. The Bertz CT molecular complexity index is 1070. The molecular weight excluding hydrogens is 433 g/mol. The fourth-order valence-corrected chi connectivity index (χ4v) is 3.37. The molecule has 1 aromatic heterocycles. The first-order valence-corrected chi connectivity index (χ1v) is 10.8. The van der Waals surface area contributed by atoms with Crippen molar-refractivity contribution in [2.45, 2.75) is 39.7 Å². The molecule has 0 saturated heterocycles. The van der Waals surface area contributed by atoms with Gasteiger partial charge in [0.1, 0.15) is 11.5 Å². The number of halogens is 3. The molecule has 0 bridgehead atoms. The van der Waals surface area contributed by atoms with Gasteiger partial charge in [0.25, 0.3) is 5.56 Å². The van der Waals surface area contributed by atoms with Crippen molar-refractivity contribution in [1.29, 1.82) is 0 Å². The summed E-state index contributed by atoms with van der Waals surface area (Å²) in [6.45, 7) is 7.69. The second-order valence-electron chi connectivity index (χ2n) is 7.52. The number of nitrogens with zero attached hydrogens (tertiary/aromatic N) is 2. The lowest BCUT2D eigenvalue weighted by Crippen LogP contribution is -2.22. The van der Waals surface area contributed by atoms with Crippen LogP contribution in [0.25, 0.3) is 0 Å². The standard InChI is InChI=1S/C25H27F3N2O3/c1-3-29(4-2)18-20-9-7-19(8-10-20)15-17-30-16-5-6-23(24(30)31)32-21-11-13-22(14-12-21)33-25(26,27)28/h5-14,16H,3-4,15,17-18H2,1-2H3. The summed E-state index contributed by atoms with van der Waals surface area (Å²) in [4.78, 5) is 15.1. The van der Waals surface area contributed by atoms with Crippen LogP contribution in [0.2, 0.25) is 0 Å². The molecule has 3 aromatic rings. The third kappa shape index (κ3) is 7.39. The van der Waals surface area contributed by atoms with Crippen molar-refractivity contribution >= 4 is 0 Å². The molecule has 1 heterocycles. The third-order valence-corrected chi connectivity index (χ3v) is 5.24. The molecule has 2 aromatic carbocycles. The molecule has 5 nitrogen and oxygen atoms in total. The van der Waals surface area contributed by atoms with Crippen molar-refractivity contribution in [3.05, 3.63) is 88.3 Å². The minimum absolute atomic E-state index is 0.0940. The van der Waals surface area contributed by atoms with Gasteiger partial charge in [-0.05, 0) is 67.0 Å². The van der Waals surface area contributed by atoms with Crippen LogP contribution in [0.3, 0.4) is 0 Å². The van der Waals surface area contributed by atoms with Crippen LogP contribution in [0.4, 0.5) is 13.2 Å². The highest BCUT2D eigenvalue weighted by atomic mass is 19.4. The number of rotatable bonds is 10. The summed E-state index contributed by atoms with van der Waals surface area (Å²) in [5.41, 5.74) is 2.06. The van der Waals surface area contributed by atoms with E-state index in [9.17, 15) is 18.0 Å². The highest BCUT2D eigenvalue weighted by Gasteiger charge is 2.31. The molecule has 0 unspecified atom stereocenters. The van der Waals surface area contributed by atoms with Gasteiger partial charge in [0, 0.05) is 19.3 Å². The number of pyridine rings is 1. The zero-order valence-electron chi connectivity index (χ0n) is 18.6. The van der Waals surface area contributed by atoms with Gasteiger partial charge in [0.05, 0.1) is 0 Å². The van der Waals surface area contributed by atoms with Crippen LogP contribution < -0.4 is 15.0 Å². The van der Waals surface area contributed by atoms with Crippen molar-refractivity contribution in [2.75, 3.05) is 13.1 Å². The average Bonchev–Trinajstić information content (AvgIpc) is 2.79. The lowest BCUT2D eigenvalue weighted by atomic mass is 10.1. The Morgan fingerprint density at radius 2 is 1.48 bits per heavy atom. The summed E-state index contributed by atoms with van der Waals surface area (Å²) >= 11 is 0. The Morgan fingerprint density at radius 3 is 2.09 bits per heavy atom. The van der Waals surface area contributed by atoms with Crippen LogP contribution >= 0.6 is 0 Å². The van der Waals surface area contributed by atoms with Crippen molar-refractivity contribution in [1.82, 2.24) is 9.47 Å². The van der Waals surface area contributed by atoms with E-state index < -0.39 is 6.36 Å². The number of hydrogen-bond acceptors (Lipinski definition) is 4. The molecule has 0 aliphatic rings.